The average molecular weight is 434 g/mol. The summed E-state index contributed by atoms with van der Waals surface area (Å²) >= 11 is 0. The average Bonchev–Trinajstić information content (AvgIpc) is 2.77. The zero-order chi connectivity index (χ0) is 23.6. The van der Waals surface area contributed by atoms with Gasteiger partial charge in [-0.3, -0.25) is 4.79 Å². The Morgan fingerprint density at radius 3 is 2.44 bits per heavy atom. The first kappa shape index (κ1) is 24.1. The molecule has 0 fully saturated rings. The number of aldehydes is 1. The first-order valence-electron chi connectivity index (χ1n) is 11.6. The third kappa shape index (κ3) is 4.21. The number of Topliss-reactive ketones (excluding diaryl/α,β-unsaturated/α-hetero) is 1. The van der Waals surface area contributed by atoms with Crippen molar-refractivity contribution >= 4 is 28.5 Å². The van der Waals surface area contributed by atoms with Crippen molar-refractivity contribution in [1.82, 2.24) is 4.98 Å². The maximum Gasteiger partial charge on any atom is 0.156 e. The molecule has 0 N–H and O–H groups in total. The second-order valence-electron chi connectivity index (χ2n) is 8.78. The molecule has 0 spiro atoms. The lowest BCUT2D eigenvalue weighted by molar-refractivity contribution is -0.114. The second kappa shape index (κ2) is 9.91. The summed E-state index contributed by atoms with van der Waals surface area (Å²) in [6.45, 7) is 12.1. The molecular weight excluding hydrogens is 398 g/mol. The molecule has 1 aliphatic rings. The lowest BCUT2D eigenvalue weighted by Crippen LogP contribution is -2.18. The van der Waals surface area contributed by atoms with Gasteiger partial charge in [0.25, 0.3) is 0 Å². The van der Waals surface area contributed by atoms with Crippen LogP contribution in [0.5, 0.6) is 0 Å². The van der Waals surface area contributed by atoms with Gasteiger partial charge in [-0.25, -0.2) is 4.98 Å². The van der Waals surface area contributed by atoms with E-state index in [4.69, 9.17) is 9.72 Å². The van der Waals surface area contributed by atoms with Gasteiger partial charge < -0.3 is 9.53 Å². The van der Waals surface area contributed by atoms with Gasteiger partial charge in [0, 0.05) is 18.1 Å². The van der Waals surface area contributed by atoms with Crippen LogP contribution < -0.4 is 0 Å². The predicted octanol–water partition coefficient (Wildman–Crippen LogP) is 5.82. The van der Waals surface area contributed by atoms with Crippen LogP contribution in [0.15, 0.2) is 23.3 Å². The number of aromatic nitrogens is 1. The van der Waals surface area contributed by atoms with Crippen molar-refractivity contribution < 1.29 is 14.3 Å². The van der Waals surface area contributed by atoms with Crippen LogP contribution >= 0.6 is 0 Å². The Labute approximate surface area is 191 Å². The summed E-state index contributed by atoms with van der Waals surface area (Å²) in [5.74, 6) is -0.0385. The van der Waals surface area contributed by atoms with E-state index in [-0.39, 0.29) is 5.78 Å². The van der Waals surface area contributed by atoms with E-state index in [1.807, 2.05) is 19.9 Å². The van der Waals surface area contributed by atoms with Crippen LogP contribution in [0.4, 0.5) is 0 Å². The molecule has 0 amide bonds. The highest BCUT2D eigenvalue weighted by Crippen LogP contribution is 2.37. The predicted molar refractivity (Wildman–Crippen MR) is 131 cm³/mol. The Balaban J connectivity index is 2.33. The molecule has 0 aliphatic heterocycles. The fourth-order valence-corrected chi connectivity index (χ4v) is 5.16. The molecule has 0 radical (unpaired) electrons. The number of rotatable bonds is 8. The van der Waals surface area contributed by atoms with Gasteiger partial charge in [-0.15, -0.1) is 0 Å². The summed E-state index contributed by atoms with van der Waals surface area (Å²) in [7, 11) is 1.50. The van der Waals surface area contributed by atoms with E-state index in [1.54, 1.807) is 6.92 Å². The van der Waals surface area contributed by atoms with E-state index in [1.165, 1.54) is 40.3 Å². The van der Waals surface area contributed by atoms with Gasteiger partial charge in [-0.2, -0.15) is 0 Å². The monoisotopic (exact) mass is 433 g/mol. The second-order valence-corrected chi connectivity index (χ2v) is 8.78. The van der Waals surface area contributed by atoms with Crippen LogP contribution in [0.1, 0.15) is 74.0 Å². The van der Waals surface area contributed by atoms with Crippen molar-refractivity contribution in [1.29, 1.82) is 0 Å². The van der Waals surface area contributed by atoms with Gasteiger partial charge in [0.1, 0.15) is 6.10 Å². The molecular formula is C28H35NO3. The number of nitrogens with zero attached hydrogens (tertiary/aromatic N) is 1. The molecule has 1 atom stereocenters. The van der Waals surface area contributed by atoms with Gasteiger partial charge >= 0.3 is 0 Å². The van der Waals surface area contributed by atoms with Gasteiger partial charge in [-0.1, -0.05) is 19.9 Å². The molecule has 1 heterocycles. The van der Waals surface area contributed by atoms with Crippen molar-refractivity contribution in [3.63, 3.8) is 0 Å². The molecule has 0 bridgehead atoms. The summed E-state index contributed by atoms with van der Waals surface area (Å²) in [4.78, 5) is 29.2. The van der Waals surface area contributed by atoms with Crippen molar-refractivity contribution in [2.75, 3.05) is 7.11 Å². The smallest absolute Gasteiger partial charge is 0.156 e. The number of benzene rings is 1. The SMILES string of the molecule is CC/C(C(C)=O)=C(/C=C(\C)c1nc2cc(C)c(C)c3c2c(c1CC)CCC3)C(C=O)OC. The summed E-state index contributed by atoms with van der Waals surface area (Å²) in [6, 6.07) is 2.20. The normalized spacial score (nSPS) is 15.5. The first-order valence-corrected chi connectivity index (χ1v) is 11.6. The number of carbonyl (C=O) groups is 2. The molecule has 4 heteroatoms. The van der Waals surface area contributed by atoms with Crippen LogP contribution in [0.25, 0.3) is 16.5 Å². The molecule has 1 aromatic heterocycles. The minimum absolute atomic E-state index is 0.0385. The summed E-state index contributed by atoms with van der Waals surface area (Å²) < 4.78 is 5.41. The van der Waals surface area contributed by atoms with Crippen LogP contribution in [-0.4, -0.2) is 30.3 Å². The van der Waals surface area contributed by atoms with E-state index in [0.717, 1.165) is 48.8 Å². The van der Waals surface area contributed by atoms with E-state index in [2.05, 4.69) is 26.8 Å². The standard InChI is InChI=1S/C28H35NO3/c1-8-20(19(6)31)24(26(15-30)32-7)13-17(4)28-21(9-2)23-12-10-11-22-18(5)16(3)14-25(29-28)27(22)23/h13-15,26H,8-12H2,1-7H3/b17-13+,24-20+. The molecule has 32 heavy (non-hydrogen) atoms. The molecule has 1 unspecified atom stereocenters. The van der Waals surface area contributed by atoms with Crippen molar-refractivity contribution in [3.05, 3.63) is 56.8 Å². The van der Waals surface area contributed by atoms with Gasteiger partial charge in [0.15, 0.2) is 12.1 Å². The molecule has 0 saturated heterocycles. The van der Waals surface area contributed by atoms with Crippen LogP contribution in [0.2, 0.25) is 0 Å². The Hall–Kier alpha value is -2.59. The molecule has 1 aliphatic carbocycles. The third-order valence-corrected chi connectivity index (χ3v) is 6.90. The van der Waals surface area contributed by atoms with Gasteiger partial charge in [0.05, 0.1) is 11.2 Å². The van der Waals surface area contributed by atoms with Gasteiger partial charge in [-0.05, 0) is 105 Å². The minimum Gasteiger partial charge on any atom is -0.369 e. The lowest BCUT2D eigenvalue weighted by Gasteiger charge is -2.25. The van der Waals surface area contributed by atoms with E-state index in [0.29, 0.717) is 17.6 Å². The molecule has 2 aromatic rings. The molecule has 170 valence electrons. The van der Waals surface area contributed by atoms with E-state index in [9.17, 15) is 9.59 Å². The van der Waals surface area contributed by atoms with Crippen LogP contribution in [0, 0.1) is 13.8 Å². The highest BCUT2D eigenvalue weighted by atomic mass is 16.5. The number of carbonyl (C=O) groups excluding carboxylic acids is 2. The Morgan fingerprint density at radius 2 is 1.88 bits per heavy atom. The maximum atomic E-state index is 12.3. The van der Waals surface area contributed by atoms with Crippen LogP contribution in [0.3, 0.4) is 0 Å². The Morgan fingerprint density at radius 1 is 1.19 bits per heavy atom. The Kier molecular flexibility index (Phi) is 7.45. The number of aryl methyl sites for hydroxylation is 3. The van der Waals surface area contributed by atoms with Crippen molar-refractivity contribution in [2.24, 2.45) is 0 Å². The van der Waals surface area contributed by atoms with Gasteiger partial charge in [0.2, 0.25) is 0 Å². The molecule has 1 aromatic carbocycles. The maximum absolute atomic E-state index is 12.3. The zero-order valence-electron chi connectivity index (χ0n) is 20.5. The summed E-state index contributed by atoms with van der Waals surface area (Å²) in [5, 5.41) is 1.34. The number of hydrogen-bond acceptors (Lipinski definition) is 4. The quantitative estimate of drug-likeness (QED) is 0.299. The highest BCUT2D eigenvalue weighted by molar-refractivity contribution is 5.96. The fourth-order valence-electron chi connectivity index (χ4n) is 5.16. The van der Waals surface area contributed by atoms with Crippen LogP contribution in [-0.2, 0) is 33.6 Å². The molecule has 4 nitrogen and oxygen atoms in total. The lowest BCUT2D eigenvalue weighted by atomic mass is 9.82. The topological polar surface area (TPSA) is 56.3 Å². The molecule has 3 rings (SSSR count). The minimum atomic E-state index is -0.774. The number of ketones is 1. The number of methoxy groups -OCH3 is 1. The molecule has 0 saturated carbocycles. The highest BCUT2D eigenvalue weighted by Gasteiger charge is 2.24. The van der Waals surface area contributed by atoms with E-state index >= 15 is 0 Å². The van der Waals surface area contributed by atoms with Crippen molar-refractivity contribution in [2.45, 2.75) is 79.8 Å². The number of allylic oxidation sites excluding steroid dienone is 2. The third-order valence-electron chi connectivity index (χ3n) is 6.90. The zero-order valence-corrected chi connectivity index (χ0v) is 20.5. The summed E-state index contributed by atoms with van der Waals surface area (Å²) in [6.07, 6.45) is 6.67. The largest absolute Gasteiger partial charge is 0.369 e. The summed E-state index contributed by atoms with van der Waals surface area (Å²) in [5.41, 5.74) is 11.0. The van der Waals surface area contributed by atoms with E-state index < -0.39 is 6.10 Å². The van der Waals surface area contributed by atoms with Crippen molar-refractivity contribution in [3.8, 4) is 0 Å². The number of ether oxygens (including phenoxy) is 1. The Bertz CT molecular complexity index is 1140. The fraction of sp³-hybridized carbons (Fsp3) is 0.464. The number of pyridine rings is 1. The number of hydrogen-bond donors (Lipinski definition) is 0. The first-order chi connectivity index (χ1) is 15.3.